The van der Waals surface area contributed by atoms with Gasteiger partial charge in [-0.25, -0.2) is 4.39 Å². The minimum absolute atomic E-state index is 0.0225. The van der Waals surface area contributed by atoms with Crippen molar-refractivity contribution < 1.29 is 9.18 Å². The molecule has 2 nitrogen and oxygen atoms in total. The van der Waals surface area contributed by atoms with Gasteiger partial charge in [0, 0.05) is 16.3 Å². The van der Waals surface area contributed by atoms with Crippen LogP contribution in [-0.2, 0) is 0 Å². The Bertz CT molecular complexity index is 455. The van der Waals surface area contributed by atoms with Crippen molar-refractivity contribution in [2.24, 2.45) is 0 Å². The second-order valence-corrected chi connectivity index (χ2v) is 5.92. The third-order valence-electron chi connectivity index (χ3n) is 3.24. The minimum atomic E-state index is -0.532. The lowest BCUT2D eigenvalue weighted by molar-refractivity contribution is 0.0934. The van der Waals surface area contributed by atoms with Gasteiger partial charge >= 0.3 is 0 Å². The number of thioether (sulfide) groups is 1. The van der Waals surface area contributed by atoms with E-state index in [2.05, 4.69) is 5.32 Å². The Kier molecular flexibility index (Phi) is 4.51. The Morgan fingerprint density at radius 2 is 2.28 bits per heavy atom. The minimum Gasteiger partial charge on any atom is -0.348 e. The summed E-state index contributed by atoms with van der Waals surface area (Å²) >= 11 is 7.53. The normalized spacial score (nSPS) is 23.1. The number of hydrogen-bond acceptors (Lipinski definition) is 2. The Labute approximate surface area is 115 Å². The van der Waals surface area contributed by atoms with Crippen molar-refractivity contribution in [1.82, 2.24) is 5.32 Å². The third-order valence-corrected chi connectivity index (χ3v) is 4.65. The summed E-state index contributed by atoms with van der Waals surface area (Å²) in [5, 5.41) is 3.70. The smallest absolute Gasteiger partial charge is 0.254 e. The molecule has 2 rings (SSSR count). The van der Waals surface area contributed by atoms with E-state index in [4.69, 9.17) is 11.6 Å². The lowest BCUT2D eigenvalue weighted by atomic mass is 10.1. The fourth-order valence-electron chi connectivity index (χ4n) is 2.29. The Balaban J connectivity index is 2.09. The van der Waals surface area contributed by atoms with Crippen molar-refractivity contribution in [1.29, 1.82) is 0 Å². The first-order valence-electron chi connectivity index (χ1n) is 5.90. The summed E-state index contributed by atoms with van der Waals surface area (Å²) in [6.07, 6.45) is 5.20. The van der Waals surface area contributed by atoms with Crippen LogP contribution in [0.3, 0.4) is 0 Å². The Morgan fingerprint density at radius 3 is 3.00 bits per heavy atom. The van der Waals surface area contributed by atoms with Gasteiger partial charge in [0.15, 0.2) is 0 Å². The van der Waals surface area contributed by atoms with Crippen LogP contribution in [0.15, 0.2) is 18.2 Å². The van der Waals surface area contributed by atoms with Gasteiger partial charge in [0.25, 0.3) is 5.91 Å². The molecule has 18 heavy (non-hydrogen) atoms. The zero-order chi connectivity index (χ0) is 13.1. The molecule has 0 radical (unpaired) electrons. The van der Waals surface area contributed by atoms with Crippen LogP contribution in [0.1, 0.15) is 29.6 Å². The van der Waals surface area contributed by atoms with E-state index in [1.807, 2.05) is 6.26 Å². The quantitative estimate of drug-likeness (QED) is 0.922. The summed E-state index contributed by atoms with van der Waals surface area (Å²) in [6, 6.07) is 4.16. The third kappa shape index (κ3) is 2.98. The van der Waals surface area contributed by atoms with Crippen LogP contribution in [0.5, 0.6) is 0 Å². The van der Waals surface area contributed by atoms with Crippen molar-refractivity contribution in [3.8, 4) is 0 Å². The topological polar surface area (TPSA) is 29.1 Å². The summed E-state index contributed by atoms with van der Waals surface area (Å²) in [6.45, 7) is 0. The van der Waals surface area contributed by atoms with Crippen LogP contribution in [0.4, 0.5) is 4.39 Å². The summed E-state index contributed by atoms with van der Waals surface area (Å²) in [5.74, 6) is -0.906. The maximum Gasteiger partial charge on any atom is 0.254 e. The SMILES string of the molecule is CSC1CCCC1NC(=O)c1cc(Cl)ccc1F. The molecule has 1 aromatic carbocycles. The molecule has 98 valence electrons. The van der Waals surface area contributed by atoms with Gasteiger partial charge in [-0.1, -0.05) is 18.0 Å². The average Bonchev–Trinajstić information content (AvgIpc) is 2.79. The zero-order valence-corrected chi connectivity index (χ0v) is 11.7. The predicted octanol–water partition coefficient (Wildman–Crippen LogP) is 3.49. The van der Waals surface area contributed by atoms with Crippen LogP contribution < -0.4 is 5.32 Å². The number of hydrogen-bond donors (Lipinski definition) is 1. The number of benzene rings is 1. The molecule has 0 heterocycles. The lowest BCUT2D eigenvalue weighted by Gasteiger charge is -2.19. The molecule has 1 aliphatic carbocycles. The fraction of sp³-hybridized carbons (Fsp3) is 0.462. The first kappa shape index (κ1) is 13.7. The van der Waals surface area contributed by atoms with Crippen molar-refractivity contribution in [2.75, 3.05) is 6.26 Å². The molecule has 0 aromatic heterocycles. The van der Waals surface area contributed by atoms with E-state index in [-0.39, 0.29) is 17.5 Å². The highest BCUT2D eigenvalue weighted by Gasteiger charge is 2.28. The Morgan fingerprint density at radius 1 is 1.50 bits per heavy atom. The summed E-state index contributed by atoms with van der Waals surface area (Å²) in [4.78, 5) is 12.0. The van der Waals surface area contributed by atoms with E-state index in [0.29, 0.717) is 10.3 Å². The number of carbonyl (C=O) groups excluding carboxylic acids is 1. The maximum atomic E-state index is 13.5. The van der Waals surface area contributed by atoms with Gasteiger partial charge in [-0.15, -0.1) is 0 Å². The van der Waals surface area contributed by atoms with Crippen molar-refractivity contribution in [3.05, 3.63) is 34.6 Å². The van der Waals surface area contributed by atoms with Crippen LogP contribution in [0.2, 0.25) is 5.02 Å². The van der Waals surface area contributed by atoms with E-state index >= 15 is 0 Å². The molecular weight excluding hydrogens is 273 g/mol. The van der Waals surface area contributed by atoms with Gasteiger partial charge in [-0.2, -0.15) is 11.8 Å². The van der Waals surface area contributed by atoms with Crippen LogP contribution in [0.25, 0.3) is 0 Å². The van der Waals surface area contributed by atoms with E-state index in [0.717, 1.165) is 19.3 Å². The number of nitrogens with one attached hydrogen (secondary N) is 1. The number of carbonyl (C=O) groups is 1. The average molecular weight is 288 g/mol. The van der Waals surface area contributed by atoms with Crippen LogP contribution in [0, 0.1) is 5.82 Å². The molecule has 0 saturated heterocycles. The monoisotopic (exact) mass is 287 g/mol. The van der Waals surface area contributed by atoms with Crippen molar-refractivity contribution in [2.45, 2.75) is 30.6 Å². The van der Waals surface area contributed by atoms with Crippen LogP contribution in [-0.4, -0.2) is 23.5 Å². The summed E-state index contributed by atoms with van der Waals surface area (Å²) in [7, 11) is 0. The van der Waals surface area contributed by atoms with Gasteiger partial charge in [-0.05, 0) is 37.3 Å². The van der Waals surface area contributed by atoms with E-state index < -0.39 is 5.82 Å². The lowest BCUT2D eigenvalue weighted by Crippen LogP contribution is -2.39. The highest BCUT2D eigenvalue weighted by Crippen LogP contribution is 2.28. The molecule has 0 spiro atoms. The van der Waals surface area contributed by atoms with E-state index in [1.165, 1.54) is 18.2 Å². The first-order valence-corrected chi connectivity index (χ1v) is 7.57. The van der Waals surface area contributed by atoms with Crippen LogP contribution >= 0.6 is 23.4 Å². The predicted molar refractivity (Wildman–Crippen MR) is 73.8 cm³/mol. The van der Waals surface area contributed by atoms with Gasteiger partial charge < -0.3 is 5.32 Å². The fourth-order valence-corrected chi connectivity index (χ4v) is 3.40. The molecule has 2 unspecified atom stereocenters. The highest BCUT2D eigenvalue weighted by atomic mass is 35.5. The van der Waals surface area contributed by atoms with Gasteiger partial charge in [0.2, 0.25) is 0 Å². The highest BCUT2D eigenvalue weighted by molar-refractivity contribution is 7.99. The first-order chi connectivity index (χ1) is 8.61. The van der Waals surface area contributed by atoms with E-state index in [9.17, 15) is 9.18 Å². The molecule has 5 heteroatoms. The molecule has 0 aliphatic heterocycles. The molecule has 1 saturated carbocycles. The van der Waals surface area contributed by atoms with Crippen molar-refractivity contribution >= 4 is 29.3 Å². The molecule has 0 bridgehead atoms. The summed E-state index contributed by atoms with van der Waals surface area (Å²) < 4.78 is 13.5. The molecule has 1 amide bonds. The Hall–Kier alpha value is -0.740. The second-order valence-electron chi connectivity index (χ2n) is 4.41. The molecular formula is C13H15ClFNOS. The molecule has 1 aromatic rings. The second kappa shape index (κ2) is 5.93. The molecule has 1 fully saturated rings. The zero-order valence-electron chi connectivity index (χ0n) is 10.1. The summed E-state index contributed by atoms with van der Waals surface area (Å²) in [5.41, 5.74) is 0.0225. The van der Waals surface area contributed by atoms with Gasteiger partial charge in [-0.3, -0.25) is 4.79 Å². The molecule has 1 N–H and O–H groups in total. The number of amides is 1. The standard InChI is InChI=1S/C13H15ClFNOS/c1-18-12-4-2-3-11(12)16-13(17)9-7-8(14)5-6-10(9)15/h5-7,11-12H,2-4H2,1H3,(H,16,17). The maximum absolute atomic E-state index is 13.5. The molecule has 2 atom stereocenters. The largest absolute Gasteiger partial charge is 0.348 e. The van der Waals surface area contributed by atoms with E-state index in [1.54, 1.807) is 11.8 Å². The van der Waals surface area contributed by atoms with Gasteiger partial charge in [0.1, 0.15) is 5.82 Å². The molecule has 1 aliphatic rings. The number of rotatable bonds is 3. The van der Waals surface area contributed by atoms with Gasteiger partial charge in [0.05, 0.1) is 5.56 Å². The number of halogens is 2. The van der Waals surface area contributed by atoms with Crippen molar-refractivity contribution in [3.63, 3.8) is 0 Å².